The smallest absolute Gasteiger partial charge is 0.357 e. The average molecular weight is 559 g/mol. The summed E-state index contributed by atoms with van der Waals surface area (Å²) in [6.45, 7) is 10.7. The maximum absolute atomic E-state index is 13.0. The number of anilines is 2. The largest absolute Gasteiger partial charge is 0.461 e. The quantitative estimate of drug-likeness (QED) is 0.257. The van der Waals surface area contributed by atoms with E-state index in [2.05, 4.69) is 30.9 Å². The normalized spacial score (nSPS) is 13.7. The van der Waals surface area contributed by atoms with Gasteiger partial charge < -0.3 is 24.0 Å². The van der Waals surface area contributed by atoms with Gasteiger partial charge >= 0.3 is 5.97 Å². The highest BCUT2D eigenvalue weighted by atomic mass is 16.5. The fourth-order valence-electron chi connectivity index (χ4n) is 5.02. The molecule has 0 bridgehead atoms. The number of ether oxygens (including phenoxy) is 3. The summed E-state index contributed by atoms with van der Waals surface area (Å²) in [4.78, 5) is 26.9. The zero-order valence-electron chi connectivity index (χ0n) is 24.5. The molecule has 0 unspecified atom stereocenters. The fourth-order valence-corrected chi connectivity index (χ4v) is 5.02. The summed E-state index contributed by atoms with van der Waals surface area (Å²) in [5.74, 6) is 0.476. The molecule has 1 aliphatic rings. The third kappa shape index (κ3) is 6.03. The Labute approximate surface area is 240 Å². The van der Waals surface area contributed by atoms with Crippen LogP contribution in [0.25, 0.3) is 27.8 Å². The van der Waals surface area contributed by atoms with E-state index in [0.717, 1.165) is 59.0 Å². The van der Waals surface area contributed by atoms with E-state index in [1.54, 1.807) is 20.1 Å². The molecule has 0 radical (unpaired) electrons. The van der Waals surface area contributed by atoms with E-state index in [-0.39, 0.29) is 18.2 Å². The van der Waals surface area contributed by atoms with E-state index >= 15 is 0 Å². The molecular formula is C31H38N6O4. The van der Waals surface area contributed by atoms with E-state index in [9.17, 15) is 4.79 Å². The molecule has 4 heterocycles. The molecule has 5 rings (SSSR count). The topological polar surface area (TPSA) is 94.8 Å². The Hall–Kier alpha value is -4.02. The third-order valence-electron chi connectivity index (χ3n) is 7.23. The summed E-state index contributed by atoms with van der Waals surface area (Å²) in [6, 6.07) is 14.1. The lowest BCUT2D eigenvalue weighted by molar-refractivity contribution is 0.0520. The van der Waals surface area contributed by atoms with Gasteiger partial charge in [0.2, 0.25) is 0 Å². The van der Waals surface area contributed by atoms with Crippen LogP contribution in [0.1, 0.15) is 42.9 Å². The molecule has 0 spiro atoms. The van der Waals surface area contributed by atoms with Gasteiger partial charge in [-0.15, -0.1) is 0 Å². The highest BCUT2D eigenvalue weighted by Crippen LogP contribution is 2.36. The Bertz CT molecular complexity index is 1490. The molecule has 1 saturated heterocycles. The van der Waals surface area contributed by atoms with Gasteiger partial charge in [0.15, 0.2) is 11.3 Å². The van der Waals surface area contributed by atoms with E-state index in [1.165, 1.54) is 0 Å². The first-order valence-corrected chi connectivity index (χ1v) is 14.1. The number of morpholine rings is 1. The van der Waals surface area contributed by atoms with Crippen molar-refractivity contribution in [2.24, 2.45) is 0 Å². The maximum Gasteiger partial charge on any atom is 0.357 e. The number of esters is 1. The molecule has 3 aromatic heterocycles. The lowest BCUT2D eigenvalue weighted by Crippen LogP contribution is -2.36. The van der Waals surface area contributed by atoms with Crippen LogP contribution in [0.3, 0.4) is 0 Å². The number of carbonyl (C=O) groups is 1. The number of carbonyl (C=O) groups excluding carboxylic acids is 1. The minimum atomic E-state index is -0.472. The Balaban J connectivity index is 1.67. The van der Waals surface area contributed by atoms with E-state index < -0.39 is 5.97 Å². The van der Waals surface area contributed by atoms with Crippen molar-refractivity contribution in [1.82, 2.24) is 19.7 Å². The van der Waals surface area contributed by atoms with Gasteiger partial charge in [-0.3, -0.25) is 0 Å². The van der Waals surface area contributed by atoms with E-state index in [0.29, 0.717) is 25.5 Å². The van der Waals surface area contributed by atoms with Crippen molar-refractivity contribution >= 4 is 28.5 Å². The van der Waals surface area contributed by atoms with Gasteiger partial charge in [-0.25, -0.2) is 19.4 Å². The number of methoxy groups -OCH3 is 1. The van der Waals surface area contributed by atoms with Gasteiger partial charge in [0.1, 0.15) is 5.82 Å². The molecule has 4 aromatic rings. The average Bonchev–Trinajstić information content (AvgIpc) is 3.40. The van der Waals surface area contributed by atoms with Crippen molar-refractivity contribution in [1.29, 1.82) is 0 Å². The van der Waals surface area contributed by atoms with Crippen LogP contribution in [0.5, 0.6) is 0 Å². The second kappa shape index (κ2) is 12.7. The van der Waals surface area contributed by atoms with Gasteiger partial charge in [-0.05, 0) is 54.8 Å². The molecule has 0 aliphatic carbocycles. The molecule has 216 valence electrons. The number of nitrogens with zero attached hydrogens (tertiary/aromatic N) is 6. The molecular weight excluding hydrogens is 520 g/mol. The number of benzene rings is 1. The summed E-state index contributed by atoms with van der Waals surface area (Å²) < 4.78 is 18.0. The molecule has 1 aromatic carbocycles. The van der Waals surface area contributed by atoms with Gasteiger partial charge in [-0.1, -0.05) is 19.9 Å². The SMILES string of the molecule is CCOC(=O)c1cc(-c2ccc(N(C)CCOC)nc2)c2c(C(C)C)nn(-c3cccc(N4CCOCC4)c3)c2n1. The van der Waals surface area contributed by atoms with Crippen LogP contribution >= 0.6 is 0 Å². The lowest BCUT2D eigenvalue weighted by Gasteiger charge is -2.29. The minimum absolute atomic E-state index is 0.113. The van der Waals surface area contributed by atoms with Crippen LogP contribution in [0.15, 0.2) is 48.7 Å². The van der Waals surface area contributed by atoms with Crippen LogP contribution < -0.4 is 9.80 Å². The Morgan fingerprint density at radius 3 is 2.59 bits per heavy atom. The first kappa shape index (κ1) is 28.5. The monoisotopic (exact) mass is 558 g/mol. The van der Waals surface area contributed by atoms with Crippen LogP contribution in [0.2, 0.25) is 0 Å². The number of hydrogen-bond acceptors (Lipinski definition) is 9. The predicted molar refractivity (Wildman–Crippen MR) is 160 cm³/mol. The van der Waals surface area contributed by atoms with E-state index in [4.69, 9.17) is 29.3 Å². The maximum atomic E-state index is 13.0. The zero-order chi connectivity index (χ0) is 28.9. The van der Waals surface area contributed by atoms with Crippen molar-refractivity contribution < 1.29 is 19.0 Å². The highest BCUT2D eigenvalue weighted by molar-refractivity contribution is 6.00. The van der Waals surface area contributed by atoms with Crippen LogP contribution in [-0.2, 0) is 14.2 Å². The molecule has 10 heteroatoms. The van der Waals surface area contributed by atoms with Crippen molar-refractivity contribution in [3.63, 3.8) is 0 Å². The summed E-state index contributed by atoms with van der Waals surface area (Å²) in [7, 11) is 3.67. The Morgan fingerprint density at radius 1 is 1.12 bits per heavy atom. The standard InChI is InChI=1S/C31H38N6O4/c1-6-41-31(38)26-19-25(22-10-11-27(32-20-22)35(4)12-15-39-5)28-29(21(2)3)34-37(30(28)33-26)24-9-7-8-23(18-24)36-13-16-40-17-14-36/h7-11,18-21H,6,12-17H2,1-5H3. The number of likely N-dealkylation sites (N-methyl/N-ethyl adjacent to an activating group) is 1. The zero-order valence-corrected chi connectivity index (χ0v) is 24.5. The highest BCUT2D eigenvalue weighted by Gasteiger charge is 2.24. The number of aromatic nitrogens is 4. The number of pyridine rings is 2. The molecule has 10 nitrogen and oxygen atoms in total. The van der Waals surface area contributed by atoms with Gasteiger partial charge in [0, 0.05) is 51.2 Å². The van der Waals surface area contributed by atoms with Crippen LogP contribution in [-0.4, -0.2) is 85.9 Å². The molecule has 0 atom stereocenters. The molecule has 0 amide bonds. The number of fused-ring (bicyclic) bond motifs is 1. The molecule has 41 heavy (non-hydrogen) atoms. The van der Waals surface area contributed by atoms with Crippen molar-refractivity contribution in [2.75, 3.05) is 70.0 Å². The molecule has 1 fully saturated rings. The van der Waals surface area contributed by atoms with Crippen molar-refractivity contribution in [3.8, 4) is 16.8 Å². The van der Waals surface area contributed by atoms with Crippen molar-refractivity contribution in [3.05, 3.63) is 60.0 Å². The van der Waals surface area contributed by atoms with Gasteiger partial charge in [0.05, 0.1) is 43.2 Å². The minimum Gasteiger partial charge on any atom is -0.461 e. The first-order chi connectivity index (χ1) is 19.9. The molecule has 0 N–H and O–H groups in total. The van der Waals surface area contributed by atoms with Crippen LogP contribution in [0, 0.1) is 0 Å². The number of rotatable bonds is 10. The summed E-state index contributed by atoms with van der Waals surface area (Å²) >= 11 is 0. The lowest BCUT2D eigenvalue weighted by atomic mass is 9.98. The second-order valence-electron chi connectivity index (χ2n) is 10.4. The summed E-state index contributed by atoms with van der Waals surface area (Å²) in [5, 5.41) is 5.97. The summed E-state index contributed by atoms with van der Waals surface area (Å²) in [6.07, 6.45) is 1.84. The molecule has 1 aliphatic heterocycles. The number of hydrogen-bond donors (Lipinski definition) is 0. The van der Waals surface area contributed by atoms with Crippen molar-refractivity contribution in [2.45, 2.75) is 26.7 Å². The second-order valence-corrected chi connectivity index (χ2v) is 10.4. The predicted octanol–water partition coefficient (Wildman–Crippen LogP) is 4.70. The first-order valence-electron chi connectivity index (χ1n) is 14.1. The summed E-state index contributed by atoms with van der Waals surface area (Å²) in [5.41, 5.74) is 5.42. The Morgan fingerprint density at radius 2 is 1.90 bits per heavy atom. The van der Waals surface area contributed by atoms with Gasteiger partial charge in [-0.2, -0.15) is 5.10 Å². The molecule has 0 saturated carbocycles. The fraction of sp³-hybridized carbons (Fsp3) is 0.419. The van der Waals surface area contributed by atoms with Gasteiger partial charge in [0.25, 0.3) is 0 Å². The van der Waals surface area contributed by atoms with Crippen LogP contribution in [0.4, 0.5) is 11.5 Å². The van der Waals surface area contributed by atoms with E-state index in [1.807, 2.05) is 47.1 Å². The third-order valence-corrected chi connectivity index (χ3v) is 7.23. The Kier molecular flexibility index (Phi) is 8.80.